The minimum atomic E-state index is -0.277. The lowest BCUT2D eigenvalue weighted by molar-refractivity contribution is -0.121. The molecule has 6 heteroatoms. The number of anilines is 1. The van der Waals surface area contributed by atoms with Crippen molar-refractivity contribution in [3.05, 3.63) is 27.8 Å². The lowest BCUT2D eigenvalue weighted by Crippen LogP contribution is -2.31. The summed E-state index contributed by atoms with van der Waals surface area (Å²) >= 11 is 3.65. The SMILES string of the molecule is NCCSC1CC(=O)N(c2ccc(I)cc2)C1=O. The summed E-state index contributed by atoms with van der Waals surface area (Å²) in [7, 11) is 0. The third kappa shape index (κ3) is 2.86. The summed E-state index contributed by atoms with van der Waals surface area (Å²) in [5, 5.41) is -0.277. The fourth-order valence-corrected chi connectivity index (χ4v) is 3.09. The summed E-state index contributed by atoms with van der Waals surface area (Å²) in [6.07, 6.45) is 0.273. The number of benzene rings is 1. The van der Waals surface area contributed by atoms with E-state index in [9.17, 15) is 9.59 Å². The first-order chi connectivity index (χ1) is 8.63. The zero-order chi connectivity index (χ0) is 13.1. The molecule has 0 radical (unpaired) electrons. The third-order valence-electron chi connectivity index (χ3n) is 2.63. The molecule has 2 N–H and O–H groups in total. The summed E-state index contributed by atoms with van der Waals surface area (Å²) in [4.78, 5) is 25.3. The number of rotatable bonds is 4. The maximum Gasteiger partial charge on any atom is 0.247 e. The van der Waals surface area contributed by atoms with Gasteiger partial charge in [-0.15, -0.1) is 11.8 Å². The van der Waals surface area contributed by atoms with Gasteiger partial charge in [0.2, 0.25) is 11.8 Å². The number of hydrogen-bond acceptors (Lipinski definition) is 4. The predicted molar refractivity (Wildman–Crippen MR) is 81.6 cm³/mol. The molecule has 2 amide bonds. The number of halogens is 1. The first-order valence-electron chi connectivity index (χ1n) is 5.57. The van der Waals surface area contributed by atoms with Crippen LogP contribution in [0.15, 0.2) is 24.3 Å². The van der Waals surface area contributed by atoms with Gasteiger partial charge in [-0.05, 0) is 46.9 Å². The largest absolute Gasteiger partial charge is 0.330 e. The minimum absolute atomic E-state index is 0.125. The summed E-state index contributed by atoms with van der Waals surface area (Å²) in [6, 6.07) is 7.37. The molecule has 0 aliphatic carbocycles. The van der Waals surface area contributed by atoms with Gasteiger partial charge in [0, 0.05) is 22.3 Å². The van der Waals surface area contributed by atoms with Gasteiger partial charge in [-0.1, -0.05) is 0 Å². The van der Waals surface area contributed by atoms with Crippen molar-refractivity contribution in [2.45, 2.75) is 11.7 Å². The molecule has 0 aromatic heterocycles. The molecule has 1 heterocycles. The van der Waals surface area contributed by atoms with Crippen molar-refractivity contribution in [1.82, 2.24) is 0 Å². The highest BCUT2D eigenvalue weighted by atomic mass is 127. The molecule has 1 aliphatic rings. The number of nitrogens with zero attached hydrogens (tertiary/aromatic N) is 1. The molecule has 1 fully saturated rings. The summed E-state index contributed by atoms with van der Waals surface area (Å²) in [5.74, 6) is 0.444. The maximum absolute atomic E-state index is 12.1. The Balaban J connectivity index is 2.16. The Hall–Kier alpha value is -0.600. The number of hydrogen-bond donors (Lipinski definition) is 1. The first-order valence-corrected chi connectivity index (χ1v) is 7.70. The highest BCUT2D eigenvalue weighted by Crippen LogP contribution is 2.29. The topological polar surface area (TPSA) is 63.4 Å². The normalized spacial score (nSPS) is 19.7. The molecule has 1 saturated heterocycles. The number of carbonyl (C=O) groups is 2. The molecule has 2 rings (SSSR count). The third-order valence-corrected chi connectivity index (χ3v) is 4.59. The van der Waals surface area contributed by atoms with E-state index in [0.29, 0.717) is 18.0 Å². The van der Waals surface area contributed by atoms with Crippen molar-refractivity contribution in [3.8, 4) is 0 Å². The van der Waals surface area contributed by atoms with Crippen LogP contribution in [0.4, 0.5) is 5.69 Å². The highest BCUT2D eigenvalue weighted by molar-refractivity contribution is 14.1. The summed E-state index contributed by atoms with van der Waals surface area (Å²) in [6.45, 7) is 0.520. The van der Waals surface area contributed by atoms with Crippen LogP contribution in [-0.4, -0.2) is 29.4 Å². The molecule has 96 valence electrons. The Labute approximate surface area is 123 Å². The number of nitrogens with two attached hydrogens (primary N) is 1. The molecular weight excluding hydrogens is 363 g/mol. The summed E-state index contributed by atoms with van der Waals surface area (Å²) in [5.41, 5.74) is 6.07. The number of carbonyl (C=O) groups excluding carboxylic acids is 2. The van der Waals surface area contributed by atoms with Gasteiger partial charge in [0.1, 0.15) is 0 Å². The lowest BCUT2D eigenvalue weighted by Gasteiger charge is -2.14. The molecule has 4 nitrogen and oxygen atoms in total. The van der Waals surface area contributed by atoms with E-state index in [4.69, 9.17) is 5.73 Å². The van der Waals surface area contributed by atoms with E-state index >= 15 is 0 Å². The minimum Gasteiger partial charge on any atom is -0.330 e. The molecule has 18 heavy (non-hydrogen) atoms. The Morgan fingerprint density at radius 1 is 1.33 bits per heavy atom. The van der Waals surface area contributed by atoms with E-state index in [0.717, 1.165) is 3.57 Å². The van der Waals surface area contributed by atoms with Crippen LogP contribution < -0.4 is 10.6 Å². The van der Waals surface area contributed by atoms with E-state index in [-0.39, 0.29) is 23.5 Å². The van der Waals surface area contributed by atoms with Crippen LogP contribution in [0, 0.1) is 3.57 Å². The van der Waals surface area contributed by atoms with E-state index in [1.165, 1.54) is 16.7 Å². The van der Waals surface area contributed by atoms with Gasteiger partial charge in [0.05, 0.1) is 10.9 Å². The molecular formula is C12H13IN2O2S. The van der Waals surface area contributed by atoms with Crippen LogP contribution >= 0.6 is 34.4 Å². The predicted octanol–water partition coefficient (Wildman–Crippen LogP) is 1.61. The van der Waals surface area contributed by atoms with Gasteiger partial charge in [0.25, 0.3) is 0 Å². The van der Waals surface area contributed by atoms with Crippen LogP contribution in [0.5, 0.6) is 0 Å². The molecule has 1 unspecified atom stereocenters. The van der Waals surface area contributed by atoms with Crippen LogP contribution in [0.3, 0.4) is 0 Å². The Bertz CT molecular complexity index is 464. The van der Waals surface area contributed by atoms with Crippen molar-refractivity contribution in [3.63, 3.8) is 0 Å². The quantitative estimate of drug-likeness (QED) is 0.641. The zero-order valence-corrected chi connectivity index (χ0v) is 12.6. The van der Waals surface area contributed by atoms with Gasteiger partial charge in [-0.2, -0.15) is 0 Å². The highest BCUT2D eigenvalue weighted by Gasteiger charge is 2.39. The zero-order valence-electron chi connectivity index (χ0n) is 9.64. The van der Waals surface area contributed by atoms with E-state index < -0.39 is 0 Å². The van der Waals surface area contributed by atoms with Crippen molar-refractivity contribution in [2.24, 2.45) is 5.73 Å². The van der Waals surface area contributed by atoms with Crippen LogP contribution in [0.25, 0.3) is 0 Å². The van der Waals surface area contributed by atoms with Crippen LogP contribution in [0.1, 0.15) is 6.42 Å². The average molecular weight is 376 g/mol. The summed E-state index contributed by atoms with van der Waals surface area (Å²) < 4.78 is 1.07. The van der Waals surface area contributed by atoms with E-state index in [2.05, 4.69) is 22.6 Å². The Morgan fingerprint density at radius 3 is 2.61 bits per heavy atom. The van der Waals surface area contributed by atoms with Crippen molar-refractivity contribution in [1.29, 1.82) is 0 Å². The molecule has 1 aromatic rings. The van der Waals surface area contributed by atoms with Crippen molar-refractivity contribution >= 4 is 51.9 Å². The molecule has 0 bridgehead atoms. The van der Waals surface area contributed by atoms with E-state index in [1.807, 2.05) is 12.1 Å². The molecule has 1 aliphatic heterocycles. The van der Waals surface area contributed by atoms with Gasteiger partial charge in [-0.3, -0.25) is 9.59 Å². The number of thioether (sulfide) groups is 1. The van der Waals surface area contributed by atoms with Crippen LogP contribution in [0.2, 0.25) is 0 Å². The monoisotopic (exact) mass is 376 g/mol. The fraction of sp³-hybridized carbons (Fsp3) is 0.333. The number of imide groups is 1. The van der Waals surface area contributed by atoms with Gasteiger partial charge in [-0.25, -0.2) is 4.90 Å². The Morgan fingerprint density at radius 2 is 2.00 bits per heavy atom. The molecule has 1 atom stereocenters. The average Bonchev–Trinajstić information content (AvgIpc) is 2.63. The first kappa shape index (κ1) is 13.8. The molecule has 0 spiro atoms. The smallest absolute Gasteiger partial charge is 0.247 e. The second-order valence-corrected chi connectivity index (χ2v) is 6.45. The number of amides is 2. The molecule has 1 aromatic carbocycles. The second kappa shape index (κ2) is 6.03. The lowest BCUT2D eigenvalue weighted by atomic mass is 10.3. The Kier molecular flexibility index (Phi) is 4.63. The standard InChI is InChI=1S/C12H13IN2O2S/c13-8-1-3-9(4-2-8)15-11(16)7-10(12(15)17)18-6-5-14/h1-4,10H,5-7,14H2. The van der Waals surface area contributed by atoms with E-state index in [1.54, 1.807) is 12.1 Å². The molecule has 0 saturated carbocycles. The second-order valence-electron chi connectivity index (χ2n) is 3.90. The van der Waals surface area contributed by atoms with Gasteiger partial charge >= 0.3 is 0 Å². The van der Waals surface area contributed by atoms with Crippen LogP contribution in [-0.2, 0) is 9.59 Å². The maximum atomic E-state index is 12.1. The van der Waals surface area contributed by atoms with Crippen molar-refractivity contribution in [2.75, 3.05) is 17.2 Å². The van der Waals surface area contributed by atoms with Crippen molar-refractivity contribution < 1.29 is 9.59 Å². The van der Waals surface area contributed by atoms with Gasteiger partial charge in [0.15, 0.2) is 0 Å². The van der Waals surface area contributed by atoms with Gasteiger partial charge < -0.3 is 5.73 Å². The fourth-order valence-electron chi connectivity index (χ4n) is 1.81.